The molecule has 0 amide bonds. The lowest BCUT2D eigenvalue weighted by Gasteiger charge is -2.27. The Balaban J connectivity index is 1.28. The number of hydrogen-bond donors (Lipinski definition) is 0. The Bertz CT molecular complexity index is 1470. The Morgan fingerprint density at radius 3 is 2.14 bits per heavy atom. The topological polar surface area (TPSA) is 89.5 Å². The largest absolute Gasteiger partial charge is 0.486 e. The summed E-state index contributed by atoms with van der Waals surface area (Å²) in [5.41, 5.74) is 2.70. The van der Waals surface area contributed by atoms with Crippen molar-refractivity contribution in [1.29, 1.82) is 0 Å². The number of ether oxygens (including phenoxy) is 6. The first kappa shape index (κ1) is 20.9. The Morgan fingerprint density at radius 1 is 0.694 bits per heavy atom. The Kier molecular flexibility index (Phi) is 4.67. The van der Waals surface area contributed by atoms with Crippen LogP contribution in [0.25, 0.3) is 6.08 Å². The number of Topliss-reactive ketones (excluding diaryl/α,β-unsaturated/α-hetero) is 1. The lowest BCUT2D eigenvalue weighted by atomic mass is 9.84. The molecule has 0 saturated carbocycles. The fraction of sp³-hybridized carbons (Fsp3) is 0.214. The summed E-state index contributed by atoms with van der Waals surface area (Å²) in [5.74, 6) is 2.62. The summed E-state index contributed by atoms with van der Waals surface area (Å²) in [7, 11) is 0. The van der Waals surface area contributed by atoms with Crippen LogP contribution >= 0.6 is 0 Å². The Labute approximate surface area is 205 Å². The lowest BCUT2D eigenvalue weighted by Crippen LogP contribution is -2.22. The van der Waals surface area contributed by atoms with Gasteiger partial charge in [0, 0.05) is 11.5 Å². The van der Waals surface area contributed by atoms with E-state index in [2.05, 4.69) is 0 Å². The standard InChI is InChI=1S/C28H20O8/c29-25-14-18(16-2-5-20-23(13-16)34-10-8-32-20)26-21(35-25)6-3-17-27(30)24(36-28(17)26)12-15-1-4-19-22(11-15)33-9-7-31-19/h1-6,11-13,18H,7-10,14H2. The molecule has 4 aliphatic heterocycles. The minimum Gasteiger partial charge on any atom is -0.486 e. The third-order valence-corrected chi connectivity index (χ3v) is 6.61. The molecule has 0 aromatic heterocycles. The van der Waals surface area contributed by atoms with Gasteiger partial charge in [0.15, 0.2) is 28.8 Å². The van der Waals surface area contributed by atoms with E-state index in [-0.39, 0.29) is 29.9 Å². The highest BCUT2D eigenvalue weighted by Gasteiger charge is 2.39. The third kappa shape index (κ3) is 3.37. The molecule has 8 nitrogen and oxygen atoms in total. The van der Waals surface area contributed by atoms with Gasteiger partial charge in [-0.25, -0.2) is 0 Å². The van der Waals surface area contributed by atoms with Gasteiger partial charge >= 0.3 is 5.97 Å². The summed E-state index contributed by atoms with van der Waals surface area (Å²) in [6.07, 6.45) is 1.79. The van der Waals surface area contributed by atoms with E-state index in [9.17, 15) is 9.59 Å². The fourth-order valence-electron chi connectivity index (χ4n) is 4.97. The molecule has 7 rings (SSSR count). The smallest absolute Gasteiger partial charge is 0.312 e. The summed E-state index contributed by atoms with van der Waals surface area (Å²) in [5, 5.41) is 0. The lowest BCUT2D eigenvalue weighted by molar-refractivity contribution is -0.135. The van der Waals surface area contributed by atoms with Crippen molar-refractivity contribution in [2.24, 2.45) is 0 Å². The first-order valence-corrected chi connectivity index (χ1v) is 11.7. The number of carbonyl (C=O) groups is 2. The van der Waals surface area contributed by atoms with Crippen molar-refractivity contribution in [3.63, 3.8) is 0 Å². The van der Waals surface area contributed by atoms with Crippen molar-refractivity contribution in [2.75, 3.05) is 26.4 Å². The highest BCUT2D eigenvalue weighted by atomic mass is 16.6. The van der Waals surface area contributed by atoms with Crippen LogP contribution in [-0.2, 0) is 4.79 Å². The normalized spacial score (nSPS) is 20.3. The van der Waals surface area contributed by atoms with Crippen molar-refractivity contribution in [3.05, 3.63) is 76.5 Å². The summed E-state index contributed by atoms with van der Waals surface area (Å²) in [4.78, 5) is 25.7. The van der Waals surface area contributed by atoms with Gasteiger partial charge in [0.2, 0.25) is 5.78 Å². The van der Waals surface area contributed by atoms with Crippen LogP contribution in [0.5, 0.6) is 34.5 Å². The molecule has 3 aromatic carbocycles. The van der Waals surface area contributed by atoms with E-state index in [1.165, 1.54) is 0 Å². The maximum absolute atomic E-state index is 13.3. The van der Waals surface area contributed by atoms with Crippen LogP contribution in [0.4, 0.5) is 0 Å². The molecule has 0 bridgehead atoms. The monoisotopic (exact) mass is 484 g/mol. The van der Waals surface area contributed by atoms with E-state index in [1.54, 1.807) is 18.2 Å². The number of esters is 1. The van der Waals surface area contributed by atoms with Crippen LogP contribution in [0, 0.1) is 0 Å². The van der Waals surface area contributed by atoms with Crippen LogP contribution in [0.3, 0.4) is 0 Å². The first-order chi connectivity index (χ1) is 17.6. The van der Waals surface area contributed by atoms with Crippen LogP contribution < -0.4 is 28.4 Å². The zero-order valence-electron chi connectivity index (χ0n) is 19.1. The third-order valence-electron chi connectivity index (χ3n) is 6.61. The molecule has 0 N–H and O–H groups in total. The van der Waals surface area contributed by atoms with Gasteiger partial charge in [-0.05, 0) is 53.6 Å². The number of carbonyl (C=O) groups excluding carboxylic acids is 2. The number of hydrogen-bond acceptors (Lipinski definition) is 8. The average molecular weight is 484 g/mol. The second kappa shape index (κ2) is 8.05. The summed E-state index contributed by atoms with van der Waals surface area (Å²) >= 11 is 0. The molecular weight excluding hydrogens is 464 g/mol. The molecule has 0 radical (unpaired) electrons. The maximum Gasteiger partial charge on any atom is 0.312 e. The number of benzene rings is 3. The van der Waals surface area contributed by atoms with Gasteiger partial charge in [0.1, 0.15) is 37.9 Å². The number of fused-ring (bicyclic) bond motifs is 5. The second-order valence-electron chi connectivity index (χ2n) is 8.83. The van der Waals surface area contributed by atoms with Crippen molar-refractivity contribution >= 4 is 17.8 Å². The molecule has 36 heavy (non-hydrogen) atoms. The molecule has 4 aliphatic rings. The minimum atomic E-state index is -0.367. The van der Waals surface area contributed by atoms with Crippen LogP contribution in [0.2, 0.25) is 0 Å². The van der Waals surface area contributed by atoms with E-state index in [0.717, 1.165) is 11.1 Å². The Morgan fingerprint density at radius 2 is 1.36 bits per heavy atom. The summed E-state index contributed by atoms with van der Waals surface area (Å²) in [6.45, 7) is 1.93. The molecule has 4 heterocycles. The quantitative estimate of drug-likeness (QED) is 0.303. The second-order valence-corrected chi connectivity index (χ2v) is 8.83. The van der Waals surface area contributed by atoms with Crippen molar-refractivity contribution in [1.82, 2.24) is 0 Å². The zero-order valence-corrected chi connectivity index (χ0v) is 19.1. The SMILES string of the molecule is O=C1CC(c2ccc3c(c2)OCCO3)c2c(ccc3c2OC(=Cc2ccc4c(c2)OCCO4)C3=O)O1. The molecule has 0 fully saturated rings. The van der Waals surface area contributed by atoms with Crippen LogP contribution in [0.15, 0.2) is 54.3 Å². The van der Waals surface area contributed by atoms with Crippen LogP contribution in [0.1, 0.15) is 39.4 Å². The Hall–Kier alpha value is -4.46. The summed E-state index contributed by atoms with van der Waals surface area (Å²) < 4.78 is 34.3. The molecule has 1 atom stereocenters. The van der Waals surface area contributed by atoms with Gasteiger partial charge < -0.3 is 28.4 Å². The molecule has 0 saturated heterocycles. The highest BCUT2D eigenvalue weighted by molar-refractivity contribution is 6.15. The van der Waals surface area contributed by atoms with E-state index < -0.39 is 0 Å². The molecule has 3 aromatic rings. The van der Waals surface area contributed by atoms with E-state index >= 15 is 0 Å². The number of allylic oxidation sites excluding steroid dienone is 1. The van der Waals surface area contributed by atoms with Crippen molar-refractivity contribution in [3.8, 4) is 34.5 Å². The van der Waals surface area contributed by atoms with E-state index in [1.807, 2.05) is 36.4 Å². The molecular formula is C28H20O8. The summed E-state index contributed by atoms with van der Waals surface area (Å²) in [6, 6.07) is 14.4. The van der Waals surface area contributed by atoms with E-state index in [0.29, 0.717) is 72.1 Å². The predicted molar refractivity (Wildman–Crippen MR) is 126 cm³/mol. The van der Waals surface area contributed by atoms with Crippen molar-refractivity contribution in [2.45, 2.75) is 12.3 Å². The van der Waals surface area contributed by atoms with Gasteiger partial charge in [-0.3, -0.25) is 9.59 Å². The molecule has 1 unspecified atom stereocenters. The predicted octanol–water partition coefficient (Wildman–Crippen LogP) is 4.29. The minimum absolute atomic E-state index is 0.113. The van der Waals surface area contributed by atoms with E-state index in [4.69, 9.17) is 28.4 Å². The van der Waals surface area contributed by atoms with Crippen molar-refractivity contribution < 1.29 is 38.0 Å². The van der Waals surface area contributed by atoms with Gasteiger partial charge in [0.25, 0.3) is 0 Å². The zero-order chi connectivity index (χ0) is 24.2. The first-order valence-electron chi connectivity index (χ1n) is 11.7. The maximum atomic E-state index is 13.3. The average Bonchev–Trinajstić information content (AvgIpc) is 3.22. The molecule has 8 heteroatoms. The molecule has 180 valence electrons. The van der Waals surface area contributed by atoms with Crippen LogP contribution in [-0.4, -0.2) is 38.2 Å². The number of rotatable bonds is 2. The van der Waals surface area contributed by atoms with Gasteiger partial charge in [0.05, 0.1) is 12.0 Å². The fourth-order valence-corrected chi connectivity index (χ4v) is 4.97. The highest BCUT2D eigenvalue weighted by Crippen LogP contribution is 2.50. The molecule has 0 spiro atoms. The number of ketones is 1. The van der Waals surface area contributed by atoms with Gasteiger partial charge in [-0.1, -0.05) is 12.1 Å². The van der Waals surface area contributed by atoms with Gasteiger partial charge in [-0.15, -0.1) is 0 Å². The van der Waals surface area contributed by atoms with Gasteiger partial charge in [-0.2, -0.15) is 0 Å². The molecule has 0 aliphatic carbocycles.